The molecular weight excluding hydrogens is 333 g/mol. The van der Waals surface area contributed by atoms with E-state index in [2.05, 4.69) is 20.9 Å². The molecule has 0 saturated heterocycles. The summed E-state index contributed by atoms with van der Waals surface area (Å²) in [4.78, 5) is 4.03. The Labute approximate surface area is 121 Å². The van der Waals surface area contributed by atoms with Gasteiger partial charge in [-0.3, -0.25) is 4.98 Å². The smallest absolute Gasteiger partial charge is 0.194 e. The first-order valence-electron chi connectivity index (χ1n) is 5.78. The van der Waals surface area contributed by atoms with Crippen molar-refractivity contribution in [1.29, 1.82) is 0 Å². The molecule has 20 heavy (non-hydrogen) atoms. The van der Waals surface area contributed by atoms with E-state index in [1.165, 1.54) is 0 Å². The predicted octanol–water partition coefficient (Wildman–Crippen LogP) is 4.26. The zero-order valence-electron chi connectivity index (χ0n) is 10.1. The standard InChI is InChI=1S/C14H8BrF3N2/c15-10-7-20(13-5-19-2-1-9(10)13)6-8-3-11(16)14(18)12(17)4-8/h1-5,7H,6H2. The van der Waals surface area contributed by atoms with Crippen LogP contribution in [0.1, 0.15) is 5.56 Å². The van der Waals surface area contributed by atoms with Gasteiger partial charge in [0.25, 0.3) is 0 Å². The van der Waals surface area contributed by atoms with Gasteiger partial charge in [0.2, 0.25) is 0 Å². The molecule has 0 radical (unpaired) electrons. The maximum atomic E-state index is 13.2. The van der Waals surface area contributed by atoms with Gasteiger partial charge in [0.15, 0.2) is 17.5 Å². The molecule has 0 aliphatic heterocycles. The van der Waals surface area contributed by atoms with Crippen molar-refractivity contribution in [3.8, 4) is 0 Å². The average molecular weight is 341 g/mol. The maximum Gasteiger partial charge on any atom is 0.194 e. The second-order valence-electron chi connectivity index (χ2n) is 4.37. The van der Waals surface area contributed by atoms with Gasteiger partial charge < -0.3 is 4.57 Å². The van der Waals surface area contributed by atoms with Gasteiger partial charge >= 0.3 is 0 Å². The van der Waals surface area contributed by atoms with E-state index in [0.717, 1.165) is 27.5 Å². The summed E-state index contributed by atoms with van der Waals surface area (Å²) in [6.45, 7) is 0.224. The number of nitrogens with zero attached hydrogens (tertiary/aromatic N) is 2. The predicted molar refractivity (Wildman–Crippen MR) is 72.9 cm³/mol. The Morgan fingerprint density at radius 2 is 1.85 bits per heavy atom. The Balaban J connectivity index is 2.06. The van der Waals surface area contributed by atoms with Crippen LogP contribution in [-0.4, -0.2) is 9.55 Å². The molecule has 0 saturated carbocycles. The molecule has 2 nitrogen and oxygen atoms in total. The molecule has 102 valence electrons. The Morgan fingerprint density at radius 3 is 2.55 bits per heavy atom. The zero-order valence-corrected chi connectivity index (χ0v) is 11.7. The Kier molecular flexibility index (Phi) is 3.25. The van der Waals surface area contributed by atoms with Gasteiger partial charge in [-0.15, -0.1) is 0 Å². The van der Waals surface area contributed by atoms with Gasteiger partial charge in [0.05, 0.1) is 11.7 Å². The summed E-state index contributed by atoms with van der Waals surface area (Å²) in [5, 5.41) is 0.947. The molecule has 1 aromatic carbocycles. The molecule has 0 atom stereocenters. The van der Waals surface area contributed by atoms with E-state index in [0.29, 0.717) is 5.56 Å². The lowest BCUT2D eigenvalue weighted by Gasteiger charge is -2.06. The van der Waals surface area contributed by atoms with E-state index in [1.54, 1.807) is 23.2 Å². The Hall–Kier alpha value is -1.82. The van der Waals surface area contributed by atoms with E-state index in [9.17, 15) is 13.2 Å². The van der Waals surface area contributed by atoms with E-state index in [4.69, 9.17) is 0 Å². The fourth-order valence-electron chi connectivity index (χ4n) is 2.12. The minimum atomic E-state index is -1.45. The highest BCUT2D eigenvalue weighted by molar-refractivity contribution is 9.10. The highest BCUT2D eigenvalue weighted by atomic mass is 79.9. The molecule has 0 spiro atoms. The second kappa shape index (κ2) is 4.94. The van der Waals surface area contributed by atoms with Crippen molar-refractivity contribution in [3.05, 3.63) is 64.3 Å². The van der Waals surface area contributed by atoms with Crippen molar-refractivity contribution in [2.75, 3.05) is 0 Å². The normalized spacial score (nSPS) is 11.2. The first kappa shape index (κ1) is 13.2. The quantitative estimate of drug-likeness (QED) is 0.637. The second-order valence-corrected chi connectivity index (χ2v) is 5.23. The third kappa shape index (κ3) is 2.20. The van der Waals surface area contributed by atoms with Crippen LogP contribution in [0, 0.1) is 17.5 Å². The SMILES string of the molecule is Fc1cc(Cn2cc(Br)c3ccncc32)cc(F)c1F. The van der Waals surface area contributed by atoms with Crippen LogP contribution in [0.15, 0.2) is 41.3 Å². The number of aromatic nitrogens is 2. The molecule has 0 amide bonds. The van der Waals surface area contributed by atoms with Gasteiger partial charge in [-0.2, -0.15) is 0 Å². The molecule has 0 N–H and O–H groups in total. The first-order valence-corrected chi connectivity index (χ1v) is 6.57. The number of hydrogen-bond donors (Lipinski definition) is 0. The minimum Gasteiger partial charge on any atom is -0.341 e. The fourth-order valence-corrected chi connectivity index (χ4v) is 2.70. The lowest BCUT2D eigenvalue weighted by atomic mass is 10.2. The molecule has 3 aromatic rings. The van der Waals surface area contributed by atoms with Crippen molar-refractivity contribution >= 4 is 26.8 Å². The number of rotatable bonds is 2. The molecule has 2 heterocycles. The number of halogens is 4. The first-order chi connectivity index (χ1) is 9.56. The van der Waals surface area contributed by atoms with E-state index < -0.39 is 17.5 Å². The zero-order chi connectivity index (χ0) is 14.3. The van der Waals surface area contributed by atoms with Crippen LogP contribution in [0.3, 0.4) is 0 Å². The number of hydrogen-bond acceptors (Lipinski definition) is 1. The molecule has 6 heteroatoms. The van der Waals surface area contributed by atoms with Crippen LogP contribution in [0.2, 0.25) is 0 Å². The summed E-state index contributed by atoms with van der Waals surface area (Å²) in [6.07, 6.45) is 5.12. The van der Waals surface area contributed by atoms with Crippen molar-refractivity contribution < 1.29 is 13.2 Å². The lowest BCUT2D eigenvalue weighted by molar-refractivity contribution is 0.445. The van der Waals surface area contributed by atoms with E-state index in [-0.39, 0.29) is 6.54 Å². The minimum absolute atomic E-state index is 0.224. The molecule has 2 aromatic heterocycles. The molecule has 0 bridgehead atoms. The van der Waals surface area contributed by atoms with Crippen LogP contribution < -0.4 is 0 Å². The summed E-state index contributed by atoms with van der Waals surface area (Å²) < 4.78 is 42.0. The highest BCUT2D eigenvalue weighted by Gasteiger charge is 2.12. The monoisotopic (exact) mass is 340 g/mol. The molecule has 0 fully saturated rings. The third-order valence-corrected chi connectivity index (χ3v) is 3.66. The summed E-state index contributed by atoms with van der Waals surface area (Å²) in [7, 11) is 0. The van der Waals surface area contributed by atoms with Crippen LogP contribution in [0.5, 0.6) is 0 Å². The third-order valence-electron chi connectivity index (χ3n) is 3.03. The molecule has 0 aliphatic carbocycles. The van der Waals surface area contributed by atoms with Crippen molar-refractivity contribution in [2.24, 2.45) is 0 Å². The molecule has 0 unspecified atom stereocenters. The highest BCUT2D eigenvalue weighted by Crippen LogP contribution is 2.26. The summed E-state index contributed by atoms with van der Waals surface area (Å²) >= 11 is 3.41. The summed E-state index contributed by atoms with van der Waals surface area (Å²) in [6, 6.07) is 3.82. The molecular formula is C14H8BrF3N2. The number of pyridine rings is 1. The van der Waals surface area contributed by atoms with Crippen molar-refractivity contribution in [3.63, 3.8) is 0 Å². The maximum absolute atomic E-state index is 13.2. The van der Waals surface area contributed by atoms with Gasteiger partial charge in [-0.1, -0.05) is 0 Å². The van der Waals surface area contributed by atoms with Crippen LogP contribution in [0.25, 0.3) is 10.9 Å². The molecule has 0 aliphatic rings. The molecule has 3 rings (SSSR count). The van der Waals surface area contributed by atoms with Gasteiger partial charge in [0, 0.05) is 28.8 Å². The summed E-state index contributed by atoms with van der Waals surface area (Å²) in [5.74, 6) is -3.82. The summed E-state index contributed by atoms with van der Waals surface area (Å²) in [5.41, 5.74) is 1.17. The van der Waals surface area contributed by atoms with E-state index >= 15 is 0 Å². The largest absolute Gasteiger partial charge is 0.341 e. The van der Waals surface area contributed by atoms with Gasteiger partial charge in [-0.05, 0) is 39.7 Å². The van der Waals surface area contributed by atoms with Gasteiger partial charge in [0.1, 0.15) is 0 Å². The Morgan fingerprint density at radius 1 is 1.15 bits per heavy atom. The topological polar surface area (TPSA) is 17.8 Å². The van der Waals surface area contributed by atoms with Crippen LogP contribution in [0.4, 0.5) is 13.2 Å². The Bertz CT molecular complexity index is 775. The van der Waals surface area contributed by atoms with Gasteiger partial charge in [-0.25, -0.2) is 13.2 Å². The number of benzene rings is 1. The van der Waals surface area contributed by atoms with Crippen LogP contribution in [-0.2, 0) is 6.54 Å². The van der Waals surface area contributed by atoms with Crippen molar-refractivity contribution in [1.82, 2.24) is 9.55 Å². The number of fused-ring (bicyclic) bond motifs is 1. The lowest BCUT2D eigenvalue weighted by Crippen LogP contribution is -2.01. The average Bonchev–Trinajstić information content (AvgIpc) is 2.73. The van der Waals surface area contributed by atoms with Crippen LogP contribution >= 0.6 is 15.9 Å². The fraction of sp³-hybridized carbons (Fsp3) is 0.0714. The van der Waals surface area contributed by atoms with E-state index in [1.807, 2.05) is 6.07 Å². The van der Waals surface area contributed by atoms with Crippen molar-refractivity contribution in [2.45, 2.75) is 6.54 Å².